The van der Waals surface area contributed by atoms with Gasteiger partial charge in [0.2, 0.25) is 5.88 Å². The molecule has 0 amide bonds. The second-order valence-electron chi connectivity index (χ2n) is 3.94. The molecule has 20 heavy (non-hydrogen) atoms. The average molecular weight is 381 g/mol. The largest absolute Gasteiger partial charge is 0.478 e. The third-order valence-corrected chi connectivity index (χ3v) is 3.34. The molecule has 0 bridgehead atoms. The molecule has 0 saturated carbocycles. The van der Waals surface area contributed by atoms with Gasteiger partial charge in [0.25, 0.3) is 0 Å². The minimum Gasteiger partial charge on any atom is -0.478 e. The molecule has 1 aromatic carbocycles. The van der Waals surface area contributed by atoms with E-state index in [1.807, 2.05) is 0 Å². The van der Waals surface area contributed by atoms with Gasteiger partial charge in [0.1, 0.15) is 16.8 Å². The molecule has 3 rings (SSSR count). The number of aromatic carboxylic acids is 1. The number of fused-ring (bicyclic) bond motifs is 1. The lowest BCUT2D eigenvalue weighted by Crippen LogP contribution is -2.02. The molecule has 2 heterocycles. The predicted octanol–water partition coefficient (Wildman–Crippen LogP) is 2.82. The monoisotopic (exact) mass is 381 g/mol. The lowest BCUT2D eigenvalue weighted by atomic mass is 10.2. The summed E-state index contributed by atoms with van der Waals surface area (Å²) in [5.41, 5.74) is 0.766. The van der Waals surface area contributed by atoms with Crippen LogP contribution in [0.4, 0.5) is 0 Å². The zero-order valence-corrected chi connectivity index (χ0v) is 12.2. The highest BCUT2D eigenvalue weighted by Gasteiger charge is 2.14. The number of halogens is 1. The van der Waals surface area contributed by atoms with Crippen molar-refractivity contribution < 1.29 is 14.6 Å². The summed E-state index contributed by atoms with van der Waals surface area (Å²) >= 11 is 2.05. The summed E-state index contributed by atoms with van der Waals surface area (Å²) in [4.78, 5) is 15.4. The van der Waals surface area contributed by atoms with E-state index in [0.717, 1.165) is 3.57 Å². The Morgan fingerprint density at radius 2 is 2.15 bits per heavy atom. The molecular weight excluding hydrogens is 373 g/mol. The van der Waals surface area contributed by atoms with E-state index in [-0.39, 0.29) is 11.3 Å². The smallest absolute Gasteiger partial charge is 0.339 e. The van der Waals surface area contributed by atoms with Crippen LogP contribution in [0.2, 0.25) is 0 Å². The summed E-state index contributed by atoms with van der Waals surface area (Å²) in [6.45, 7) is 0. The molecule has 0 radical (unpaired) electrons. The fourth-order valence-corrected chi connectivity index (χ4v) is 2.27. The van der Waals surface area contributed by atoms with Gasteiger partial charge in [-0.2, -0.15) is 5.10 Å². The van der Waals surface area contributed by atoms with E-state index in [4.69, 9.17) is 4.74 Å². The molecular formula is C13H8IN3O3. The van der Waals surface area contributed by atoms with Gasteiger partial charge in [-0.05, 0) is 46.9 Å². The van der Waals surface area contributed by atoms with Gasteiger partial charge in [-0.25, -0.2) is 14.3 Å². The summed E-state index contributed by atoms with van der Waals surface area (Å²) < 4.78 is 8.07. The van der Waals surface area contributed by atoms with Gasteiger partial charge in [0.05, 0.1) is 6.20 Å². The second-order valence-corrected chi connectivity index (χ2v) is 5.19. The second kappa shape index (κ2) is 5.08. The van der Waals surface area contributed by atoms with Crippen LogP contribution in [0.15, 0.2) is 42.9 Å². The number of ether oxygens (including phenoxy) is 1. The highest BCUT2D eigenvalue weighted by atomic mass is 127. The van der Waals surface area contributed by atoms with E-state index in [0.29, 0.717) is 11.4 Å². The van der Waals surface area contributed by atoms with Gasteiger partial charge in [-0.15, -0.1) is 0 Å². The molecule has 0 aliphatic rings. The van der Waals surface area contributed by atoms with Crippen LogP contribution in [-0.4, -0.2) is 25.7 Å². The molecule has 0 aliphatic carbocycles. The fraction of sp³-hybridized carbons (Fsp3) is 0. The summed E-state index contributed by atoms with van der Waals surface area (Å²) in [6.07, 6.45) is 4.85. The molecule has 100 valence electrons. The first-order valence-electron chi connectivity index (χ1n) is 5.64. The Hall–Kier alpha value is -2.16. The maximum atomic E-state index is 11.3. The van der Waals surface area contributed by atoms with Crippen LogP contribution in [-0.2, 0) is 0 Å². The first kappa shape index (κ1) is 12.9. The Bertz CT molecular complexity index is 800. The van der Waals surface area contributed by atoms with Crippen molar-refractivity contribution in [1.29, 1.82) is 0 Å². The van der Waals surface area contributed by atoms with Crippen molar-refractivity contribution in [2.24, 2.45) is 0 Å². The lowest BCUT2D eigenvalue weighted by Gasteiger charge is -2.09. The van der Waals surface area contributed by atoms with Crippen molar-refractivity contribution >= 4 is 34.1 Å². The number of carboxylic acids is 1. The van der Waals surface area contributed by atoms with Crippen molar-refractivity contribution in [3.05, 3.63) is 52.0 Å². The van der Waals surface area contributed by atoms with E-state index < -0.39 is 5.97 Å². The van der Waals surface area contributed by atoms with Crippen molar-refractivity contribution in [1.82, 2.24) is 14.6 Å². The van der Waals surface area contributed by atoms with E-state index in [2.05, 4.69) is 32.7 Å². The number of nitrogens with zero attached hydrogens (tertiary/aromatic N) is 3. The number of carbonyl (C=O) groups is 1. The van der Waals surface area contributed by atoms with Crippen molar-refractivity contribution in [2.75, 3.05) is 0 Å². The first-order valence-corrected chi connectivity index (χ1v) is 6.72. The van der Waals surface area contributed by atoms with Gasteiger partial charge < -0.3 is 9.84 Å². The fourth-order valence-electron chi connectivity index (χ4n) is 1.77. The van der Waals surface area contributed by atoms with Crippen molar-refractivity contribution in [3.8, 4) is 11.6 Å². The van der Waals surface area contributed by atoms with Crippen LogP contribution in [0.25, 0.3) is 5.52 Å². The maximum Gasteiger partial charge on any atom is 0.339 e. The Morgan fingerprint density at radius 1 is 1.30 bits per heavy atom. The first-order chi connectivity index (χ1) is 9.65. The molecule has 0 spiro atoms. The molecule has 0 aliphatic heterocycles. The SMILES string of the molecule is O=C(O)c1cc(I)ccc1Oc1nccn2nccc12. The summed E-state index contributed by atoms with van der Waals surface area (Å²) in [6, 6.07) is 6.69. The summed E-state index contributed by atoms with van der Waals surface area (Å²) in [5.74, 6) is -0.479. The van der Waals surface area contributed by atoms with Gasteiger partial charge in [-0.3, -0.25) is 0 Å². The van der Waals surface area contributed by atoms with Crippen LogP contribution < -0.4 is 4.74 Å². The molecule has 0 unspecified atom stereocenters. The molecule has 1 N–H and O–H groups in total. The Balaban J connectivity index is 2.07. The van der Waals surface area contributed by atoms with Crippen LogP contribution in [0.5, 0.6) is 11.6 Å². The normalized spacial score (nSPS) is 10.7. The number of hydrogen-bond acceptors (Lipinski definition) is 4. The quantitative estimate of drug-likeness (QED) is 0.707. The molecule has 0 atom stereocenters. The summed E-state index contributed by atoms with van der Waals surface area (Å²) in [7, 11) is 0. The molecule has 7 heteroatoms. The minimum atomic E-state index is -1.04. The van der Waals surface area contributed by atoms with Gasteiger partial charge >= 0.3 is 5.97 Å². The number of hydrogen-bond donors (Lipinski definition) is 1. The highest BCUT2D eigenvalue weighted by Crippen LogP contribution is 2.28. The van der Waals surface area contributed by atoms with E-state index in [1.54, 1.807) is 47.4 Å². The van der Waals surface area contributed by atoms with Crippen LogP contribution in [0.3, 0.4) is 0 Å². The molecule has 0 fully saturated rings. The van der Waals surface area contributed by atoms with Crippen molar-refractivity contribution in [3.63, 3.8) is 0 Å². The Morgan fingerprint density at radius 3 is 2.95 bits per heavy atom. The summed E-state index contributed by atoms with van der Waals surface area (Å²) in [5, 5.41) is 13.3. The third-order valence-electron chi connectivity index (χ3n) is 2.67. The van der Waals surface area contributed by atoms with Gasteiger partial charge in [0.15, 0.2) is 0 Å². The maximum absolute atomic E-state index is 11.3. The van der Waals surface area contributed by atoms with E-state index in [1.165, 1.54) is 0 Å². The van der Waals surface area contributed by atoms with Gasteiger partial charge in [0, 0.05) is 16.0 Å². The minimum absolute atomic E-state index is 0.0974. The van der Waals surface area contributed by atoms with E-state index >= 15 is 0 Å². The van der Waals surface area contributed by atoms with Crippen LogP contribution in [0.1, 0.15) is 10.4 Å². The number of rotatable bonds is 3. The topological polar surface area (TPSA) is 76.7 Å². The highest BCUT2D eigenvalue weighted by molar-refractivity contribution is 14.1. The van der Waals surface area contributed by atoms with Crippen LogP contribution >= 0.6 is 22.6 Å². The average Bonchev–Trinajstić information content (AvgIpc) is 2.90. The molecule has 0 saturated heterocycles. The third kappa shape index (κ3) is 2.31. The number of carboxylic acid groups (broad SMARTS) is 1. The Labute approximate surface area is 127 Å². The number of benzene rings is 1. The van der Waals surface area contributed by atoms with Gasteiger partial charge in [-0.1, -0.05) is 0 Å². The molecule has 3 aromatic rings. The molecule has 2 aromatic heterocycles. The van der Waals surface area contributed by atoms with Crippen molar-refractivity contribution in [2.45, 2.75) is 0 Å². The van der Waals surface area contributed by atoms with Crippen LogP contribution in [0, 0.1) is 3.57 Å². The standard InChI is InChI=1S/C13H8IN3O3/c14-8-1-2-11(9(7-8)13(18)19)20-12-10-3-4-16-17(10)6-5-15-12/h1-7H,(H,18,19). The lowest BCUT2D eigenvalue weighted by molar-refractivity contribution is 0.0694. The zero-order valence-electron chi connectivity index (χ0n) is 10.0. The predicted molar refractivity (Wildman–Crippen MR) is 79.2 cm³/mol. The van der Waals surface area contributed by atoms with E-state index in [9.17, 15) is 9.90 Å². The zero-order chi connectivity index (χ0) is 14.1. The molecule has 6 nitrogen and oxygen atoms in total. The Kier molecular flexibility index (Phi) is 3.26. The number of aromatic nitrogens is 3.